The standard InChI is InChI=1S/C25H22O3/c1-17-10-4-8-14-21(17)27-23-16-24(26-3)25(20-13-7-6-12-19(20)23)28-22-15-9-5-11-18(22)2/h4-16H,1-3H3. The second kappa shape index (κ2) is 7.65. The lowest BCUT2D eigenvalue weighted by Gasteiger charge is -2.18. The number of hydrogen-bond donors (Lipinski definition) is 0. The Morgan fingerprint density at radius 3 is 1.68 bits per heavy atom. The van der Waals surface area contributed by atoms with Crippen molar-refractivity contribution in [2.45, 2.75) is 13.8 Å². The van der Waals surface area contributed by atoms with Gasteiger partial charge in [0.2, 0.25) is 0 Å². The van der Waals surface area contributed by atoms with Gasteiger partial charge in [-0.25, -0.2) is 0 Å². The summed E-state index contributed by atoms with van der Waals surface area (Å²) in [5.41, 5.74) is 2.14. The normalized spacial score (nSPS) is 10.7. The van der Waals surface area contributed by atoms with Gasteiger partial charge in [0.25, 0.3) is 0 Å². The van der Waals surface area contributed by atoms with Gasteiger partial charge in [-0.1, -0.05) is 60.7 Å². The zero-order valence-corrected chi connectivity index (χ0v) is 16.2. The van der Waals surface area contributed by atoms with Gasteiger partial charge in [-0.15, -0.1) is 0 Å². The predicted molar refractivity (Wildman–Crippen MR) is 113 cm³/mol. The van der Waals surface area contributed by atoms with Gasteiger partial charge < -0.3 is 14.2 Å². The second-order valence-corrected chi connectivity index (χ2v) is 6.69. The summed E-state index contributed by atoms with van der Waals surface area (Å²) in [7, 11) is 1.65. The molecule has 4 aromatic rings. The Morgan fingerprint density at radius 1 is 0.536 bits per heavy atom. The van der Waals surface area contributed by atoms with Gasteiger partial charge >= 0.3 is 0 Å². The van der Waals surface area contributed by atoms with Crippen LogP contribution in [0.3, 0.4) is 0 Å². The van der Waals surface area contributed by atoms with Crippen LogP contribution >= 0.6 is 0 Å². The third-order valence-electron chi connectivity index (χ3n) is 4.76. The Balaban J connectivity index is 1.86. The molecule has 3 nitrogen and oxygen atoms in total. The van der Waals surface area contributed by atoms with E-state index >= 15 is 0 Å². The number of para-hydroxylation sites is 2. The Bertz CT molecular complexity index is 1130. The molecule has 0 bridgehead atoms. The zero-order valence-electron chi connectivity index (χ0n) is 16.2. The largest absolute Gasteiger partial charge is 0.493 e. The maximum Gasteiger partial charge on any atom is 0.177 e. The quantitative estimate of drug-likeness (QED) is 0.377. The van der Waals surface area contributed by atoms with Gasteiger partial charge in [-0.05, 0) is 37.1 Å². The van der Waals surface area contributed by atoms with E-state index in [4.69, 9.17) is 14.2 Å². The summed E-state index contributed by atoms with van der Waals surface area (Å²) < 4.78 is 18.2. The van der Waals surface area contributed by atoms with E-state index in [0.29, 0.717) is 11.5 Å². The van der Waals surface area contributed by atoms with Crippen molar-refractivity contribution in [2.75, 3.05) is 7.11 Å². The Hall–Kier alpha value is -3.46. The van der Waals surface area contributed by atoms with Crippen molar-refractivity contribution in [3.05, 3.63) is 90.0 Å². The van der Waals surface area contributed by atoms with Crippen LogP contribution in [0.5, 0.6) is 28.7 Å². The van der Waals surface area contributed by atoms with E-state index in [1.807, 2.05) is 92.7 Å². The monoisotopic (exact) mass is 370 g/mol. The summed E-state index contributed by atoms with van der Waals surface area (Å²) in [5.74, 6) is 3.68. The van der Waals surface area contributed by atoms with E-state index < -0.39 is 0 Å². The highest BCUT2D eigenvalue weighted by Gasteiger charge is 2.17. The predicted octanol–water partition coefficient (Wildman–Crippen LogP) is 7.05. The van der Waals surface area contributed by atoms with Crippen LogP contribution in [0.1, 0.15) is 11.1 Å². The van der Waals surface area contributed by atoms with Gasteiger partial charge in [-0.3, -0.25) is 0 Å². The molecule has 0 aromatic heterocycles. The molecule has 0 aliphatic heterocycles. The summed E-state index contributed by atoms with van der Waals surface area (Å²) in [6.07, 6.45) is 0. The molecule has 4 aromatic carbocycles. The molecule has 0 amide bonds. The van der Waals surface area contributed by atoms with E-state index in [1.54, 1.807) is 7.11 Å². The van der Waals surface area contributed by atoms with Crippen LogP contribution in [-0.2, 0) is 0 Å². The average Bonchev–Trinajstić information content (AvgIpc) is 2.72. The fourth-order valence-electron chi connectivity index (χ4n) is 3.20. The topological polar surface area (TPSA) is 27.7 Å². The highest BCUT2D eigenvalue weighted by Crippen LogP contribution is 2.45. The van der Waals surface area contributed by atoms with Crippen LogP contribution in [-0.4, -0.2) is 7.11 Å². The second-order valence-electron chi connectivity index (χ2n) is 6.69. The van der Waals surface area contributed by atoms with Gasteiger partial charge in [0.05, 0.1) is 7.11 Å². The molecule has 0 saturated heterocycles. The molecular weight excluding hydrogens is 348 g/mol. The summed E-state index contributed by atoms with van der Waals surface area (Å²) >= 11 is 0. The number of fused-ring (bicyclic) bond motifs is 1. The van der Waals surface area contributed by atoms with E-state index in [2.05, 4.69) is 0 Å². The van der Waals surface area contributed by atoms with Gasteiger partial charge in [0, 0.05) is 16.8 Å². The number of ether oxygens (including phenoxy) is 3. The third-order valence-corrected chi connectivity index (χ3v) is 4.76. The Kier molecular flexibility index (Phi) is 4.90. The lowest BCUT2D eigenvalue weighted by molar-refractivity contribution is 0.377. The van der Waals surface area contributed by atoms with Crippen LogP contribution < -0.4 is 14.2 Å². The van der Waals surface area contributed by atoms with Crippen LogP contribution in [0, 0.1) is 13.8 Å². The number of methoxy groups -OCH3 is 1. The summed E-state index contributed by atoms with van der Waals surface area (Å²) in [5, 5.41) is 1.91. The molecule has 0 radical (unpaired) electrons. The van der Waals surface area contributed by atoms with Crippen LogP contribution in [0.2, 0.25) is 0 Å². The van der Waals surface area contributed by atoms with Crippen molar-refractivity contribution in [2.24, 2.45) is 0 Å². The highest BCUT2D eigenvalue weighted by atomic mass is 16.5. The third kappa shape index (κ3) is 3.39. The first-order valence-corrected chi connectivity index (χ1v) is 9.24. The molecule has 0 unspecified atom stereocenters. The average molecular weight is 370 g/mol. The number of hydrogen-bond acceptors (Lipinski definition) is 3. The van der Waals surface area contributed by atoms with Crippen molar-refractivity contribution < 1.29 is 14.2 Å². The smallest absolute Gasteiger partial charge is 0.177 e. The molecule has 140 valence electrons. The molecule has 0 saturated carbocycles. The lowest BCUT2D eigenvalue weighted by Crippen LogP contribution is -1.96. The van der Waals surface area contributed by atoms with Crippen molar-refractivity contribution in [1.82, 2.24) is 0 Å². The minimum absolute atomic E-state index is 0.630. The molecule has 0 heterocycles. The fourth-order valence-corrected chi connectivity index (χ4v) is 3.20. The van der Waals surface area contributed by atoms with E-state index in [9.17, 15) is 0 Å². The van der Waals surface area contributed by atoms with Crippen molar-refractivity contribution >= 4 is 10.8 Å². The fraction of sp³-hybridized carbons (Fsp3) is 0.120. The molecule has 0 aliphatic rings. The van der Waals surface area contributed by atoms with Crippen molar-refractivity contribution in [1.29, 1.82) is 0 Å². The molecular formula is C25H22O3. The van der Waals surface area contributed by atoms with Crippen molar-refractivity contribution in [3.8, 4) is 28.7 Å². The SMILES string of the molecule is COc1cc(Oc2ccccc2C)c2ccccc2c1Oc1ccccc1C. The maximum absolute atomic E-state index is 6.29. The summed E-state index contributed by atoms with van der Waals surface area (Å²) in [6, 6.07) is 25.9. The first kappa shape index (κ1) is 17.9. The van der Waals surface area contributed by atoms with E-state index in [-0.39, 0.29) is 0 Å². The maximum atomic E-state index is 6.29. The first-order chi connectivity index (χ1) is 13.7. The minimum Gasteiger partial charge on any atom is -0.493 e. The molecule has 0 fully saturated rings. The van der Waals surface area contributed by atoms with E-state index in [0.717, 1.165) is 39.1 Å². The summed E-state index contributed by atoms with van der Waals surface area (Å²) in [4.78, 5) is 0. The first-order valence-electron chi connectivity index (χ1n) is 9.24. The Labute approximate surface area is 165 Å². The van der Waals surface area contributed by atoms with Crippen LogP contribution in [0.4, 0.5) is 0 Å². The molecule has 0 atom stereocenters. The lowest BCUT2D eigenvalue weighted by atomic mass is 10.1. The number of benzene rings is 4. The Morgan fingerprint density at radius 2 is 1.07 bits per heavy atom. The van der Waals surface area contributed by atoms with Crippen molar-refractivity contribution in [3.63, 3.8) is 0 Å². The number of rotatable bonds is 5. The van der Waals surface area contributed by atoms with Gasteiger partial charge in [0.15, 0.2) is 11.5 Å². The molecule has 3 heteroatoms. The molecule has 0 spiro atoms. The van der Waals surface area contributed by atoms with Gasteiger partial charge in [0.1, 0.15) is 17.2 Å². The van der Waals surface area contributed by atoms with E-state index in [1.165, 1.54) is 0 Å². The molecule has 4 rings (SSSR count). The zero-order chi connectivity index (χ0) is 19.5. The van der Waals surface area contributed by atoms with Crippen LogP contribution in [0.15, 0.2) is 78.9 Å². The molecule has 28 heavy (non-hydrogen) atoms. The molecule has 0 aliphatic carbocycles. The van der Waals surface area contributed by atoms with Gasteiger partial charge in [-0.2, -0.15) is 0 Å². The minimum atomic E-state index is 0.630. The summed E-state index contributed by atoms with van der Waals surface area (Å²) in [6.45, 7) is 4.06. The highest BCUT2D eigenvalue weighted by molar-refractivity contribution is 5.96. The number of aryl methyl sites for hydroxylation is 2. The van der Waals surface area contributed by atoms with Crippen LogP contribution in [0.25, 0.3) is 10.8 Å². The molecule has 0 N–H and O–H groups in total.